The molecule has 8 nitrogen and oxygen atoms in total. The molecule has 29 heavy (non-hydrogen) atoms. The molecule has 11 heteroatoms. The van der Waals surface area contributed by atoms with Crippen LogP contribution in [0.5, 0.6) is 5.75 Å². The van der Waals surface area contributed by atoms with Gasteiger partial charge in [-0.3, -0.25) is 20.2 Å². The predicted molar refractivity (Wildman–Crippen MR) is 115 cm³/mol. The maximum absolute atomic E-state index is 12.5. The SMILES string of the molecule is COc1c(Cl)cc(Cl)cc1C(=O)NC(=S)Nc1nc2ccc(NC(C)=O)cc2o1. The molecule has 0 atom stereocenters. The van der Waals surface area contributed by atoms with E-state index in [-0.39, 0.29) is 38.4 Å². The van der Waals surface area contributed by atoms with Crippen molar-refractivity contribution in [3.05, 3.63) is 45.9 Å². The second kappa shape index (κ2) is 8.64. The van der Waals surface area contributed by atoms with E-state index >= 15 is 0 Å². The van der Waals surface area contributed by atoms with E-state index in [9.17, 15) is 9.59 Å². The molecule has 3 N–H and O–H groups in total. The van der Waals surface area contributed by atoms with Crippen LogP contribution in [0.2, 0.25) is 10.0 Å². The first-order valence-corrected chi connectivity index (χ1v) is 9.27. The molecule has 0 bridgehead atoms. The third kappa shape index (κ3) is 4.94. The Morgan fingerprint density at radius 2 is 1.93 bits per heavy atom. The average molecular weight is 453 g/mol. The number of benzene rings is 2. The van der Waals surface area contributed by atoms with Gasteiger partial charge in [0.2, 0.25) is 5.91 Å². The van der Waals surface area contributed by atoms with Gasteiger partial charge in [0.15, 0.2) is 10.7 Å². The van der Waals surface area contributed by atoms with Crippen LogP contribution in [0.4, 0.5) is 11.7 Å². The molecular weight excluding hydrogens is 439 g/mol. The zero-order chi connectivity index (χ0) is 21.1. The molecule has 3 aromatic rings. The minimum Gasteiger partial charge on any atom is -0.494 e. The van der Waals surface area contributed by atoms with Gasteiger partial charge < -0.3 is 14.5 Å². The van der Waals surface area contributed by atoms with Gasteiger partial charge in [-0.05, 0) is 36.5 Å². The molecular formula is C18H14Cl2N4O4S. The number of thiocarbonyl (C=S) groups is 1. The van der Waals surface area contributed by atoms with Gasteiger partial charge in [-0.15, -0.1) is 0 Å². The Balaban J connectivity index is 1.74. The van der Waals surface area contributed by atoms with Crippen LogP contribution in [0.15, 0.2) is 34.7 Å². The molecule has 0 aliphatic heterocycles. The number of oxazole rings is 1. The van der Waals surface area contributed by atoms with Crippen molar-refractivity contribution in [3.63, 3.8) is 0 Å². The number of anilines is 2. The smallest absolute Gasteiger partial charge is 0.302 e. The van der Waals surface area contributed by atoms with Gasteiger partial charge in [-0.2, -0.15) is 4.98 Å². The molecule has 0 aliphatic rings. The largest absolute Gasteiger partial charge is 0.494 e. The highest BCUT2D eigenvalue weighted by Gasteiger charge is 2.18. The first-order valence-electron chi connectivity index (χ1n) is 8.10. The molecule has 2 aromatic carbocycles. The number of aromatic nitrogens is 1. The molecule has 3 rings (SSSR count). The molecule has 0 saturated heterocycles. The van der Waals surface area contributed by atoms with Crippen molar-refractivity contribution in [3.8, 4) is 5.75 Å². The van der Waals surface area contributed by atoms with Gasteiger partial charge in [0, 0.05) is 23.7 Å². The Labute approximate surface area is 180 Å². The van der Waals surface area contributed by atoms with Gasteiger partial charge in [0.05, 0.1) is 17.7 Å². The standard InChI is InChI=1S/C18H14Cl2N4O4S/c1-8(25)21-10-3-4-13-14(7-10)28-17(22-13)24-18(29)23-16(26)11-5-9(19)6-12(20)15(11)27-2/h3-7H,1-2H3,(H,21,25)(H2,22,23,24,26,29). The second-order valence-electron chi connectivity index (χ2n) is 5.76. The fraction of sp³-hybridized carbons (Fsp3) is 0.111. The summed E-state index contributed by atoms with van der Waals surface area (Å²) >= 11 is 17.1. The van der Waals surface area contributed by atoms with Crippen molar-refractivity contribution in [1.82, 2.24) is 10.3 Å². The van der Waals surface area contributed by atoms with Crippen LogP contribution in [-0.4, -0.2) is 29.0 Å². The molecule has 0 spiro atoms. The van der Waals surface area contributed by atoms with Gasteiger partial charge in [-0.1, -0.05) is 23.2 Å². The number of methoxy groups -OCH3 is 1. The van der Waals surface area contributed by atoms with Crippen LogP contribution >= 0.6 is 35.4 Å². The quantitative estimate of drug-likeness (QED) is 0.508. The van der Waals surface area contributed by atoms with Crippen molar-refractivity contribution >= 4 is 75.1 Å². The van der Waals surface area contributed by atoms with Crippen LogP contribution in [0, 0.1) is 0 Å². The van der Waals surface area contributed by atoms with Crippen LogP contribution in [0.1, 0.15) is 17.3 Å². The Bertz CT molecular complexity index is 1130. The first-order chi connectivity index (χ1) is 13.8. The summed E-state index contributed by atoms with van der Waals surface area (Å²) < 4.78 is 10.7. The van der Waals surface area contributed by atoms with Crippen molar-refractivity contribution in [1.29, 1.82) is 0 Å². The topological polar surface area (TPSA) is 105 Å². The van der Waals surface area contributed by atoms with E-state index in [0.717, 1.165) is 0 Å². The molecule has 0 aliphatic carbocycles. The number of ether oxygens (including phenoxy) is 1. The van der Waals surface area contributed by atoms with Gasteiger partial charge in [0.25, 0.3) is 5.91 Å². The predicted octanol–water partition coefficient (Wildman–Crippen LogP) is 4.23. The second-order valence-corrected chi connectivity index (χ2v) is 7.01. The zero-order valence-corrected chi connectivity index (χ0v) is 17.5. The number of nitrogens with zero attached hydrogens (tertiary/aromatic N) is 1. The van der Waals surface area contributed by atoms with E-state index in [4.69, 9.17) is 44.6 Å². The van der Waals surface area contributed by atoms with Crippen LogP contribution < -0.4 is 20.7 Å². The Hall–Kier alpha value is -2.88. The molecule has 1 heterocycles. The lowest BCUT2D eigenvalue weighted by Gasteiger charge is -2.11. The third-order valence-electron chi connectivity index (χ3n) is 3.61. The first kappa shape index (κ1) is 20.8. The molecule has 0 radical (unpaired) electrons. The van der Waals surface area contributed by atoms with E-state index in [2.05, 4.69) is 20.9 Å². The van der Waals surface area contributed by atoms with E-state index in [1.165, 1.54) is 26.2 Å². The lowest BCUT2D eigenvalue weighted by atomic mass is 10.2. The highest BCUT2D eigenvalue weighted by molar-refractivity contribution is 7.80. The summed E-state index contributed by atoms with van der Waals surface area (Å²) in [4.78, 5) is 27.9. The normalized spacial score (nSPS) is 10.5. The van der Waals surface area contributed by atoms with Gasteiger partial charge in [0.1, 0.15) is 11.3 Å². The lowest BCUT2D eigenvalue weighted by molar-refractivity contribution is -0.114. The van der Waals surface area contributed by atoms with Crippen molar-refractivity contribution in [2.75, 3.05) is 17.7 Å². The molecule has 1 aromatic heterocycles. The minimum atomic E-state index is -0.576. The number of carbonyl (C=O) groups excluding carboxylic acids is 2. The number of rotatable bonds is 4. The Morgan fingerprint density at radius 3 is 2.62 bits per heavy atom. The number of hydrogen-bond acceptors (Lipinski definition) is 6. The van der Waals surface area contributed by atoms with Crippen LogP contribution in [-0.2, 0) is 4.79 Å². The van der Waals surface area contributed by atoms with Gasteiger partial charge in [-0.25, -0.2) is 0 Å². The number of carbonyl (C=O) groups is 2. The fourth-order valence-corrected chi connectivity index (χ4v) is 3.24. The van der Waals surface area contributed by atoms with E-state index in [1.54, 1.807) is 18.2 Å². The van der Waals surface area contributed by atoms with E-state index < -0.39 is 5.91 Å². The van der Waals surface area contributed by atoms with Crippen LogP contribution in [0.25, 0.3) is 11.1 Å². The van der Waals surface area contributed by atoms with Crippen LogP contribution in [0.3, 0.4) is 0 Å². The number of hydrogen-bond donors (Lipinski definition) is 3. The third-order valence-corrected chi connectivity index (χ3v) is 4.32. The maximum atomic E-state index is 12.5. The average Bonchev–Trinajstić information content (AvgIpc) is 3.01. The number of halogens is 2. The highest BCUT2D eigenvalue weighted by atomic mass is 35.5. The highest BCUT2D eigenvalue weighted by Crippen LogP contribution is 2.32. The molecule has 0 unspecified atom stereocenters. The molecule has 0 saturated carbocycles. The summed E-state index contributed by atoms with van der Waals surface area (Å²) in [7, 11) is 1.38. The number of fused-ring (bicyclic) bond motifs is 1. The minimum absolute atomic E-state index is 0.0539. The summed E-state index contributed by atoms with van der Waals surface area (Å²) in [6.45, 7) is 1.40. The molecule has 150 valence electrons. The lowest BCUT2D eigenvalue weighted by Crippen LogP contribution is -2.34. The molecule has 2 amide bonds. The Kier molecular flexibility index (Phi) is 6.21. The van der Waals surface area contributed by atoms with E-state index in [1.807, 2.05) is 0 Å². The van der Waals surface area contributed by atoms with Crippen molar-refractivity contribution < 1.29 is 18.7 Å². The maximum Gasteiger partial charge on any atom is 0.302 e. The number of amides is 2. The van der Waals surface area contributed by atoms with Crippen molar-refractivity contribution in [2.45, 2.75) is 6.92 Å². The van der Waals surface area contributed by atoms with Crippen molar-refractivity contribution in [2.24, 2.45) is 0 Å². The summed E-state index contributed by atoms with van der Waals surface area (Å²) in [6.07, 6.45) is 0. The Morgan fingerprint density at radius 1 is 1.17 bits per heavy atom. The molecule has 0 fully saturated rings. The summed E-state index contributed by atoms with van der Waals surface area (Å²) in [5, 5.41) is 8.23. The summed E-state index contributed by atoms with van der Waals surface area (Å²) in [5.41, 5.74) is 1.65. The fourth-order valence-electron chi connectivity index (χ4n) is 2.49. The van der Waals surface area contributed by atoms with E-state index in [0.29, 0.717) is 16.8 Å². The monoisotopic (exact) mass is 452 g/mol. The number of nitrogens with one attached hydrogen (secondary N) is 3. The zero-order valence-electron chi connectivity index (χ0n) is 15.1. The van der Waals surface area contributed by atoms with Gasteiger partial charge >= 0.3 is 6.01 Å². The summed E-state index contributed by atoms with van der Waals surface area (Å²) in [5.74, 6) is -0.612. The summed E-state index contributed by atoms with van der Waals surface area (Å²) in [6, 6.07) is 7.92.